The van der Waals surface area contributed by atoms with E-state index < -0.39 is 0 Å². The fourth-order valence-corrected chi connectivity index (χ4v) is 2.99. The Morgan fingerprint density at radius 3 is 2.61 bits per heavy atom. The second-order valence-corrected chi connectivity index (χ2v) is 6.02. The molecule has 0 saturated heterocycles. The summed E-state index contributed by atoms with van der Waals surface area (Å²) >= 11 is 12.1. The van der Waals surface area contributed by atoms with Crippen molar-refractivity contribution in [2.45, 2.75) is 6.54 Å². The summed E-state index contributed by atoms with van der Waals surface area (Å²) in [4.78, 5) is 4.38. The molecule has 7 heteroatoms. The summed E-state index contributed by atoms with van der Waals surface area (Å²) in [5.74, 6) is 0. The van der Waals surface area contributed by atoms with Crippen LogP contribution in [-0.2, 0) is 6.54 Å². The number of halogens is 2. The second-order valence-electron chi connectivity index (χ2n) is 5.14. The first kappa shape index (κ1) is 14.2. The topological polar surface area (TPSA) is 48.5 Å². The molecule has 0 aliphatic heterocycles. The predicted molar refractivity (Wildman–Crippen MR) is 90.2 cm³/mol. The number of hydrogen-bond acceptors (Lipinski definition) is 3. The maximum Gasteiger partial charge on any atom is 0.103 e. The lowest BCUT2D eigenvalue weighted by Crippen LogP contribution is -1.98. The van der Waals surface area contributed by atoms with E-state index in [1.807, 2.05) is 35.0 Å². The third-order valence-electron chi connectivity index (χ3n) is 3.51. The first-order valence-electron chi connectivity index (χ1n) is 6.96. The van der Waals surface area contributed by atoms with Crippen LogP contribution in [0.1, 0.15) is 5.69 Å². The van der Waals surface area contributed by atoms with E-state index in [0.29, 0.717) is 16.6 Å². The van der Waals surface area contributed by atoms with Gasteiger partial charge in [0.1, 0.15) is 5.69 Å². The molecule has 0 aliphatic rings. The van der Waals surface area contributed by atoms with Gasteiger partial charge in [0.05, 0.1) is 35.8 Å². The molecule has 2 aromatic heterocycles. The Kier molecular flexibility index (Phi) is 3.52. The molecular weight excluding hydrogens is 333 g/mol. The zero-order valence-electron chi connectivity index (χ0n) is 11.9. The normalized spacial score (nSPS) is 11.2. The van der Waals surface area contributed by atoms with Crippen LogP contribution in [0.15, 0.2) is 55.0 Å². The summed E-state index contributed by atoms with van der Waals surface area (Å²) in [6.07, 6.45) is 3.66. The fraction of sp³-hybridized carbons (Fsp3) is 0.0625. The summed E-state index contributed by atoms with van der Waals surface area (Å²) in [6.45, 7) is 0.592. The molecule has 114 valence electrons. The number of para-hydroxylation sites is 2. The van der Waals surface area contributed by atoms with Crippen LogP contribution >= 0.6 is 23.2 Å². The van der Waals surface area contributed by atoms with E-state index in [0.717, 1.165) is 22.4 Å². The van der Waals surface area contributed by atoms with Gasteiger partial charge in [-0.15, -0.1) is 5.10 Å². The van der Waals surface area contributed by atoms with Crippen molar-refractivity contribution < 1.29 is 0 Å². The number of imidazole rings is 1. The third-order valence-corrected chi connectivity index (χ3v) is 3.95. The second kappa shape index (κ2) is 5.68. The minimum absolute atomic E-state index is 0.560. The van der Waals surface area contributed by atoms with Crippen LogP contribution in [0.25, 0.3) is 16.7 Å². The van der Waals surface area contributed by atoms with Gasteiger partial charge >= 0.3 is 0 Å². The Balaban J connectivity index is 1.65. The maximum atomic E-state index is 6.03. The Labute approximate surface area is 142 Å². The minimum atomic E-state index is 0.560. The average molecular weight is 344 g/mol. The van der Waals surface area contributed by atoms with Gasteiger partial charge in [-0.1, -0.05) is 40.5 Å². The highest BCUT2D eigenvalue weighted by Crippen LogP contribution is 2.21. The summed E-state index contributed by atoms with van der Waals surface area (Å²) < 4.78 is 3.70. The molecule has 23 heavy (non-hydrogen) atoms. The molecular formula is C16H11Cl2N5. The van der Waals surface area contributed by atoms with Crippen molar-refractivity contribution in [3.63, 3.8) is 0 Å². The summed E-state index contributed by atoms with van der Waals surface area (Å²) in [6, 6.07) is 13.2. The lowest BCUT2D eigenvalue weighted by Gasteiger charge is -2.02. The molecule has 0 amide bonds. The van der Waals surface area contributed by atoms with Crippen molar-refractivity contribution >= 4 is 34.2 Å². The van der Waals surface area contributed by atoms with Crippen LogP contribution in [0.4, 0.5) is 0 Å². The standard InChI is InChI=1S/C16H11Cl2N5/c17-11-5-12(18)7-14(6-11)23-9-13(20-21-23)8-22-10-19-15-3-1-2-4-16(15)22/h1-7,9-10H,8H2. The molecule has 4 aromatic rings. The van der Waals surface area contributed by atoms with E-state index in [9.17, 15) is 0 Å². The fourth-order valence-electron chi connectivity index (χ4n) is 2.48. The molecule has 0 bridgehead atoms. The lowest BCUT2D eigenvalue weighted by molar-refractivity contribution is 0.770. The summed E-state index contributed by atoms with van der Waals surface area (Å²) in [5.41, 5.74) is 3.62. The van der Waals surface area contributed by atoms with Crippen LogP contribution in [0.3, 0.4) is 0 Å². The largest absolute Gasteiger partial charge is 0.324 e. The average Bonchev–Trinajstić information content (AvgIpc) is 3.15. The molecule has 0 N–H and O–H groups in total. The molecule has 5 nitrogen and oxygen atoms in total. The van der Waals surface area contributed by atoms with Gasteiger partial charge in [0, 0.05) is 10.0 Å². The van der Waals surface area contributed by atoms with Gasteiger partial charge in [0.2, 0.25) is 0 Å². The maximum absolute atomic E-state index is 6.03. The number of fused-ring (bicyclic) bond motifs is 1. The van der Waals surface area contributed by atoms with Gasteiger partial charge in [-0.25, -0.2) is 9.67 Å². The van der Waals surface area contributed by atoms with Gasteiger partial charge in [0.15, 0.2) is 0 Å². The van der Waals surface area contributed by atoms with E-state index in [-0.39, 0.29) is 0 Å². The first-order valence-corrected chi connectivity index (χ1v) is 7.72. The molecule has 0 radical (unpaired) electrons. The van der Waals surface area contributed by atoms with Gasteiger partial charge in [0.25, 0.3) is 0 Å². The Morgan fingerprint density at radius 1 is 1.00 bits per heavy atom. The molecule has 0 saturated carbocycles. The van der Waals surface area contributed by atoms with Gasteiger partial charge in [-0.3, -0.25) is 0 Å². The van der Waals surface area contributed by atoms with Crippen molar-refractivity contribution in [1.29, 1.82) is 0 Å². The summed E-state index contributed by atoms with van der Waals surface area (Å²) in [7, 11) is 0. The molecule has 0 aliphatic carbocycles. The van der Waals surface area contributed by atoms with Crippen LogP contribution < -0.4 is 0 Å². The third kappa shape index (κ3) is 2.81. The molecule has 0 atom stereocenters. The Bertz CT molecular complexity index is 969. The van der Waals surface area contributed by atoms with Crippen molar-refractivity contribution in [2.75, 3.05) is 0 Å². The number of rotatable bonds is 3. The SMILES string of the molecule is Clc1cc(Cl)cc(-n2cc(Cn3cnc4ccccc43)nn2)c1. The highest BCUT2D eigenvalue weighted by atomic mass is 35.5. The molecule has 0 spiro atoms. The molecule has 2 aromatic carbocycles. The van der Waals surface area contributed by atoms with Gasteiger partial charge in [-0.2, -0.15) is 0 Å². The molecule has 4 rings (SSSR count). The van der Waals surface area contributed by atoms with Gasteiger partial charge < -0.3 is 4.57 Å². The molecule has 0 fully saturated rings. The monoisotopic (exact) mass is 343 g/mol. The highest BCUT2D eigenvalue weighted by molar-refractivity contribution is 6.34. The van der Waals surface area contributed by atoms with Crippen LogP contribution in [0, 0.1) is 0 Å². The van der Waals surface area contributed by atoms with E-state index in [2.05, 4.69) is 15.3 Å². The quantitative estimate of drug-likeness (QED) is 0.565. The van der Waals surface area contributed by atoms with Crippen molar-refractivity contribution in [1.82, 2.24) is 24.5 Å². The van der Waals surface area contributed by atoms with Crippen molar-refractivity contribution in [2.24, 2.45) is 0 Å². The number of aromatic nitrogens is 5. The van der Waals surface area contributed by atoms with Gasteiger partial charge in [-0.05, 0) is 30.3 Å². The van der Waals surface area contributed by atoms with E-state index in [1.54, 1.807) is 29.2 Å². The zero-order valence-corrected chi connectivity index (χ0v) is 13.4. The van der Waals surface area contributed by atoms with E-state index in [4.69, 9.17) is 23.2 Å². The number of nitrogens with zero attached hydrogens (tertiary/aromatic N) is 5. The molecule has 0 unspecified atom stereocenters. The summed E-state index contributed by atoms with van der Waals surface area (Å²) in [5, 5.41) is 9.48. The predicted octanol–water partition coefficient (Wildman–Crippen LogP) is 3.97. The lowest BCUT2D eigenvalue weighted by atomic mass is 10.3. The highest BCUT2D eigenvalue weighted by Gasteiger charge is 2.08. The zero-order chi connectivity index (χ0) is 15.8. The molecule has 2 heterocycles. The van der Waals surface area contributed by atoms with Crippen LogP contribution in [0.2, 0.25) is 10.0 Å². The van der Waals surface area contributed by atoms with Crippen LogP contribution in [0.5, 0.6) is 0 Å². The Morgan fingerprint density at radius 2 is 1.78 bits per heavy atom. The van der Waals surface area contributed by atoms with Crippen molar-refractivity contribution in [3.05, 3.63) is 70.7 Å². The smallest absolute Gasteiger partial charge is 0.103 e. The minimum Gasteiger partial charge on any atom is -0.324 e. The van der Waals surface area contributed by atoms with Crippen LogP contribution in [-0.4, -0.2) is 24.5 Å². The van der Waals surface area contributed by atoms with E-state index in [1.165, 1.54) is 0 Å². The van der Waals surface area contributed by atoms with E-state index >= 15 is 0 Å². The number of benzene rings is 2. The Hall–Kier alpha value is -2.37. The number of hydrogen-bond donors (Lipinski definition) is 0. The van der Waals surface area contributed by atoms with Crippen molar-refractivity contribution in [3.8, 4) is 5.69 Å². The first-order chi connectivity index (χ1) is 11.2.